The van der Waals surface area contributed by atoms with E-state index >= 15 is 0 Å². The standard InChI is InChI=1S/C20H29Si.3ClH.Ti/c1-14-9-10-15(2)19(16(14)3)20(4,5)17-11-12-18(13-17)21(6,7)8;;;;/h9-10,12H,11H2,1-8H3;3*1H;/q;;;;+3/p-3. The number of hydrogen-bond donors (Lipinski definition) is 0. The van der Waals surface area contributed by atoms with E-state index < -0.39 is 8.07 Å². The monoisotopic (exact) mass is 450 g/mol. The van der Waals surface area contributed by atoms with Crippen molar-refractivity contribution in [3.8, 4) is 0 Å². The van der Waals surface area contributed by atoms with Crippen LogP contribution in [0.3, 0.4) is 0 Å². The van der Waals surface area contributed by atoms with Crippen molar-refractivity contribution in [3.63, 3.8) is 0 Å². The smallest absolute Gasteiger partial charge is 1.00 e. The fourth-order valence-electron chi connectivity index (χ4n) is 3.88. The topological polar surface area (TPSA) is 0 Å². The Labute approximate surface area is 186 Å². The number of allylic oxidation sites excluding steroid dienone is 4. The molecule has 5 heteroatoms. The minimum Gasteiger partial charge on any atom is -1.00 e. The maximum absolute atomic E-state index is 2.51. The molecule has 0 fully saturated rings. The average Bonchev–Trinajstić information content (AvgIpc) is 2.76. The van der Waals surface area contributed by atoms with Crippen molar-refractivity contribution in [2.45, 2.75) is 66.1 Å². The van der Waals surface area contributed by atoms with Crippen LogP contribution in [0.15, 0.2) is 32.9 Å². The van der Waals surface area contributed by atoms with Crippen LogP contribution in [0.5, 0.6) is 0 Å². The molecule has 0 spiro atoms. The molecule has 0 bridgehead atoms. The SMILES string of the molecule is Cc1ccc(C)c(C(C)(C)C2=[C]([Ti+3])C([Si](C)(C)C)=CC2)c1C.[Cl-].[Cl-].[Cl-]. The maximum Gasteiger partial charge on any atom is -1.00 e. The Hall–Kier alpha value is 0.501. The Morgan fingerprint density at radius 1 is 0.920 bits per heavy atom. The van der Waals surface area contributed by atoms with E-state index in [4.69, 9.17) is 0 Å². The third-order valence-corrected chi connectivity index (χ3v) is 8.57. The van der Waals surface area contributed by atoms with Crippen LogP contribution in [-0.2, 0) is 25.9 Å². The van der Waals surface area contributed by atoms with Gasteiger partial charge in [0.2, 0.25) is 0 Å². The maximum atomic E-state index is 2.51. The molecule has 0 N–H and O–H groups in total. The minimum atomic E-state index is -1.24. The van der Waals surface area contributed by atoms with Gasteiger partial charge in [0.05, 0.1) is 0 Å². The average molecular weight is 452 g/mol. The summed E-state index contributed by atoms with van der Waals surface area (Å²) in [6.07, 6.45) is 3.64. The van der Waals surface area contributed by atoms with E-state index in [0.29, 0.717) is 0 Å². The first-order chi connectivity index (χ1) is 9.98. The largest absolute Gasteiger partial charge is 1.00 e. The van der Waals surface area contributed by atoms with E-state index in [-0.39, 0.29) is 42.6 Å². The second-order valence-corrected chi connectivity index (χ2v) is 14.1. The molecule has 138 valence electrons. The predicted molar refractivity (Wildman–Crippen MR) is 96.8 cm³/mol. The number of halogens is 3. The predicted octanol–water partition coefficient (Wildman–Crippen LogP) is -3.09. The van der Waals surface area contributed by atoms with Gasteiger partial charge in [0.1, 0.15) is 0 Å². The summed E-state index contributed by atoms with van der Waals surface area (Å²) in [5, 5.41) is 1.67. The molecular formula is C20H29Cl3SiTi. The molecule has 0 unspecified atom stereocenters. The van der Waals surface area contributed by atoms with Gasteiger partial charge in [-0.2, -0.15) is 0 Å². The Kier molecular flexibility index (Phi) is 10.7. The third-order valence-electron chi connectivity index (χ3n) is 5.21. The van der Waals surface area contributed by atoms with E-state index in [0.717, 1.165) is 6.42 Å². The second kappa shape index (κ2) is 9.62. The third kappa shape index (κ3) is 5.27. The summed E-state index contributed by atoms with van der Waals surface area (Å²) in [6, 6.07) is 4.54. The van der Waals surface area contributed by atoms with Gasteiger partial charge in [-0.3, -0.25) is 0 Å². The molecule has 1 aromatic rings. The van der Waals surface area contributed by atoms with E-state index in [1.54, 1.807) is 14.6 Å². The molecule has 0 atom stereocenters. The minimum absolute atomic E-state index is 0. The zero-order valence-electron chi connectivity index (χ0n) is 16.6. The number of aryl methyl sites for hydroxylation is 2. The molecule has 1 aromatic carbocycles. The number of benzene rings is 1. The summed E-state index contributed by atoms with van der Waals surface area (Å²) in [6.45, 7) is 19.0. The van der Waals surface area contributed by atoms with Gasteiger partial charge >= 0.3 is 150 Å². The van der Waals surface area contributed by atoms with Crippen molar-refractivity contribution in [1.82, 2.24) is 0 Å². The van der Waals surface area contributed by atoms with Crippen LogP contribution in [0.1, 0.15) is 42.5 Å². The fourth-order valence-corrected chi connectivity index (χ4v) is 8.06. The first-order valence-electron chi connectivity index (χ1n) is 8.21. The van der Waals surface area contributed by atoms with Gasteiger partial charge in [0.25, 0.3) is 0 Å². The van der Waals surface area contributed by atoms with E-state index in [9.17, 15) is 0 Å². The summed E-state index contributed by atoms with van der Waals surface area (Å²) in [5.41, 5.74) is 7.57. The molecule has 0 saturated heterocycles. The van der Waals surface area contributed by atoms with E-state index in [2.05, 4.69) is 92.9 Å². The van der Waals surface area contributed by atoms with Gasteiger partial charge in [-0.1, -0.05) is 0 Å². The Morgan fingerprint density at radius 2 is 1.40 bits per heavy atom. The summed E-state index contributed by atoms with van der Waals surface area (Å²) in [7, 11) is -1.24. The molecule has 1 aliphatic rings. The molecule has 0 saturated carbocycles. The summed E-state index contributed by atoms with van der Waals surface area (Å²) in [4.78, 5) is 0. The van der Waals surface area contributed by atoms with Gasteiger partial charge in [-0.15, -0.1) is 0 Å². The molecular weight excluding hydrogens is 423 g/mol. The van der Waals surface area contributed by atoms with E-state index in [1.165, 1.54) is 22.3 Å². The first-order valence-corrected chi connectivity index (χ1v) is 12.5. The quantitative estimate of drug-likeness (QED) is 0.428. The van der Waals surface area contributed by atoms with Gasteiger partial charge in [-0.25, -0.2) is 0 Å². The zero-order chi connectivity index (χ0) is 16.9. The second-order valence-electron chi connectivity index (χ2n) is 8.25. The normalized spacial score (nSPS) is 14.4. The van der Waals surface area contributed by atoms with Crippen LogP contribution < -0.4 is 37.2 Å². The van der Waals surface area contributed by atoms with Gasteiger partial charge in [-0.05, 0) is 0 Å². The Bertz CT molecular complexity index is 683. The van der Waals surface area contributed by atoms with Crippen LogP contribution >= 0.6 is 0 Å². The molecule has 0 aliphatic heterocycles. The van der Waals surface area contributed by atoms with Gasteiger partial charge in [0, 0.05) is 0 Å². The van der Waals surface area contributed by atoms with Crippen LogP contribution in [-0.4, -0.2) is 8.07 Å². The van der Waals surface area contributed by atoms with Crippen LogP contribution in [0.25, 0.3) is 0 Å². The molecule has 0 heterocycles. The van der Waals surface area contributed by atoms with Gasteiger partial charge in [0.15, 0.2) is 0 Å². The van der Waals surface area contributed by atoms with Crippen LogP contribution in [0.4, 0.5) is 0 Å². The molecule has 0 nitrogen and oxygen atoms in total. The molecule has 0 aromatic heterocycles. The van der Waals surface area contributed by atoms with Gasteiger partial charge < -0.3 is 37.2 Å². The Balaban J connectivity index is 0. The van der Waals surface area contributed by atoms with Crippen molar-refractivity contribution < 1.29 is 57.7 Å². The van der Waals surface area contributed by atoms with Crippen molar-refractivity contribution in [3.05, 3.63) is 55.1 Å². The van der Waals surface area contributed by atoms with Crippen molar-refractivity contribution in [2.75, 3.05) is 0 Å². The fraction of sp³-hybridized carbons (Fsp3) is 0.500. The van der Waals surface area contributed by atoms with Crippen LogP contribution in [0, 0.1) is 20.8 Å². The summed E-state index contributed by atoms with van der Waals surface area (Å²) >= 11 is 2.36. The van der Waals surface area contributed by atoms with Crippen molar-refractivity contribution in [2.24, 2.45) is 0 Å². The molecule has 25 heavy (non-hydrogen) atoms. The van der Waals surface area contributed by atoms with Crippen molar-refractivity contribution >= 4 is 8.07 Å². The molecule has 0 radical (unpaired) electrons. The number of rotatable bonds is 3. The van der Waals surface area contributed by atoms with Crippen molar-refractivity contribution in [1.29, 1.82) is 0 Å². The first kappa shape index (κ1) is 27.7. The summed E-state index contributed by atoms with van der Waals surface area (Å²) < 4.78 is 1.57. The molecule has 0 amide bonds. The molecule has 1 aliphatic carbocycles. The van der Waals surface area contributed by atoms with E-state index in [1.807, 2.05) is 0 Å². The number of hydrogen-bond acceptors (Lipinski definition) is 0. The zero-order valence-corrected chi connectivity index (χ0v) is 21.4. The molecule has 2 rings (SSSR count). The Morgan fingerprint density at radius 3 is 1.84 bits per heavy atom. The summed E-state index contributed by atoms with van der Waals surface area (Å²) in [5.74, 6) is 0. The van der Waals surface area contributed by atoms with Crippen LogP contribution in [0.2, 0.25) is 19.6 Å².